The molecule has 1 aromatic carbocycles. The molecule has 1 heterocycles. The molecule has 2 rings (SSSR count). The number of benzene rings is 1. The molecule has 0 aliphatic rings. The molecule has 0 aliphatic heterocycles. The zero-order chi connectivity index (χ0) is 12.1. The van der Waals surface area contributed by atoms with Crippen LogP contribution in [0.3, 0.4) is 0 Å². The molecule has 0 unspecified atom stereocenters. The van der Waals surface area contributed by atoms with Crippen molar-refractivity contribution in [1.29, 1.82) is 0 Å². The van der Waals surface area contributed by atoms with Crippen LogP contribution in [0.15, 0.2) is 41.8 Å². The maximum atomic E-state index is 11.7. The summed E-state index contributed by atoms with van der Waals surface area (Å²) in [6.45, 7) is 2.03. The first-order valence-corrected chi connectivity index (χ1v) is 6.51. The highest BCUT2D eigenvalue weighted by Gasteiger charge is 2.03. The van der Waals surface area contributed by atoms with Crippen LogP contribution in [0.4, 0.5) is 5.69 Å². The van der Waals surface area contributed by atoms with Crippen LogP contribution >= 0.6 is 11.3 Å². The van der Waals surface area contributed by atoms with Crippen molar-refractivity contribution in [2.75, 3.05) is 5.32 Å². The van der Waals surface area contributed by atoms with Gasteiger partial charge < -0.3 is 5.32 Å². The first kappa shape index (κ1) is 11.9. The van der Waals surface area contributed by atoms with Gasteiger partial charge in [0.25, 0.3) is 0 Å². The molecule has 0 saturated carbocycles. The molecule has 1 amide bonds. The number of hydrogen-bond acceptors (Lipinski definition) is 2. The molecule has 0 atom stereocenters. The van der Waals surface area contributed by atoms with Crippen LogP contribution in [0.25, 0.3) is 0 Å². The van der Waals surface area contributed by atoms with E-state index in [0.717, 1.165) is 12.1 Å². The van der Waals surface area contributed by atoms with Gasteiger partial charge >= 0.3 is 0 Å². The maximum Gasteiger partial charge on any atom is 0.224 e. The number of rotatable bonds is 4. The highest BCUT2D eigenvalue weighted by Crippen LogP contribution is 2.12. The van der Waals surface area contributed by atoms with Crippen molar-refractivity contribution >= 4 is 22.9 Å². The summed E-state index contributed by atoms with van der Waals surface area (Å²) >= 11 is 1.69. The third-order valence-electron chi connectivity index (χ3n) is 2.51. The van der Waals surface area contributed by atoms with Gasteiger partial charge in [-0.3, -0.25) is 4.79 Å². The molecule has 3 heteroatoms. The van der Waals surface area contributed by atoms with E-state index < -0.39 is 0 Å². The molecule has 0 radical (unpaired) electrons. The van der Waals surface area contributed by atoms with Crippen LogP contribution in [0, 0.1) is 6.92 Å². The van der Waals surface area contributed by atoms with Crippen LogP contribution in [0.2, 0.25) is 0 Å². The average Bonchev–Trinajstić information content (AvgIpc) is 2.83. The second-order valence-electron chi connectivity index (χ2n) is 3.99. The Balaban J connectivity index is 1.83. The molecule has 0 spiro atoms. The summed E-state index contributed by atoms with van der Waals surface area (Å²) in [6, 6.07) is 11.9. The van der Waals surface area contributed by atoms with E-state index in [1.54, 1.807) is 11.3 Å². The summed E-state index contributed by atoms with van der Waals surface area (Å²) in [5.41, 5.74) is 2.06. The van der Waals surface area contributed by atoms with Crippen LogP contribution in [0.5, 0.6) is 0 Å². The van der Waals surface area contributed by atoms with Gasteiger partial charge in [0.1, 0.15) is 0 Å². The van der Waals surface area contributed by atoms with Crippen molar-refractivity contribution in [2.24, 2.45) is 0 Å². The summed E-state index contributed by atoms with van der Waals surface area (Å²) in [5.74, 6) is 0.0715. The zero-order valence-corrected chi connectivity index (χ0v) is 10.6. The maximum absolute atomic E-state index is 11.7. The Morgan fingerprint density at radius 3 is 2.65 bits per heavy atom. The molecule has 0 saturated heterocycles. The summed E-state index contributed by atoms with van der Waals surface area (Å²) in [7, 11) is 0. The lowest BCUT2D eigenvalue weighted by molar-refractivity contribution is -0.116. The van der Waals surface area contributed by atoms with Crippen molar-refractivity contribution in [2.45, 2.75) is 19.8 Å². The highest BCUT2D eigenvalue weighted by atomic mass is 32.1. The summed E-state index contributed by atoms with van der Waals surface area (Å²) in [4.78, 5) is 12.9. The minimum absolute atomic E-state index is 0.0715. The van der Waals surface area contributed by atoms with Crippen molar-refractivity contribution < 1.29 is 4.79 Å². The lowest BCUT2D eigenvalue weighted by atomic mass is 10.2. The van der Waals surface area contributed by atoms with Gasteiger partial charge in [-0.1, -0.05) is 23.8 Å². The first-order valence-electron chi connectivity index (χ1n) is 5.63. The fraction of sp³-hybridized carbons (Fsp3) is 0.214. The Bertz CT molecular complexity index is 473. The number of anilines is 1. The normalized spacial score (nSPS) is 10.2. The van der Waals surface area contributed by atoms with Gasteiger partial charge in [0.2, 0.25) is 5.91 Å². The van der Waals surface area contributed by atoms with E-state index >= 15 is 0 Å². The smallest absolute Gasteiger partial charge is 0.224 e. The number of carbonyl (C=O) groups excluding carboxylic acids is 1. The van der Waals surface area contributed by atoms with Crippen molar-refractivity contribution in [3.8, 4) is 0 Å². The predicted octanol–water partition coefficient (Wildman–Crippen LogP) is 3.63. The van der Waals surface area contributed by atoms with Crippen molar-refractivity contribution in [3.63, 3.8) is 0 Å². The van der Waals surface area contributed by atoms with Crippen LogP contribution in [0.1, 0.15) is 16.9 Å². The highest BCUT2D eigenvalue weighted by molar-refractivity contribution is 7.09. The standard InChI is InChI=1S/C14H15NOS/c1-11-4-6-12(7-5-11)15-14(16)9-8-13-3-2-10-17-13/h2-7,10H,8-9H2,1H3,(H,15,16). The second-order valence-corrected chi connectivity index (χ2v) is 5.03. The van der Waals surface area contributed by atoms with Gasteiger partial charge in [0.05, 0.1) is 0 Å². The number of thiophene rings is 1. The number of aryl methyl sites for hydroxylation is 2. The van der Waals surface area contributed by atoms with E-state index in [9.17, 15) is 4.79 Å². The molecular formula is C14H15NOS. The van der Waals surface area contributed by atoms with Crippen molar-refractivity contribution in [3.05, 3.63) is 52.2 Å². The Labute approximate surface area is 105 Å². The van der Waals surface area contributed by atoms with Crippen LogP contribution < -0.4 is 5.32 Å². The molecule has 1 aromatic heterocycles. The first-order chi connectivity index (χ1) is 8.24. The van der Waals surface area contributed by atoms with Gasteiger partial charge in [-0.05, 0) is 36.9 Å². The van der Waals surface area contributed by atoms with Crippen LogP contribution in [-0.2, 0) is 11.2 Å². The Morgan fingerprint density at radius 2 is 2.00 bits per heavy atom. The Hall–Kier alpha value is -1.61. The third kappa shape index (κ3) is 3.71. The fourth-order valence-electron chi connectivity index (χ4n) is 1.55. The van der Waals surface area contributed by atoms with E-state index in [-0.39, 0.29) is 5.91 Å². The van der Waals surface area contributed by atoms with Gasteiger partial charge in [-0.15, -0.1) is 11.3 Å². The average molecular weight is 245 g/mol. The second kappa shape index (κ2) is 5.64. The quantitative estimate of drug-likeness (QED) is 0.875. The molecule has 2 nitrogen and oxygen atoms in total. The predicted molar refractivity (Wildman–Crippen MR) is 72.4 cm³/mol. The van der Waals surface area contributed by atoms with Crippen molar-refractivity contribution in [1.82, 2.24) is 0 Å². The van der Waals surface area contributed by atoms with E-state index in [2.05, 4.69) is 11.4 Å². The molecule has 17 heavy (non-hydrogen) atoms. The van der Waals surface area contributed by atoms with E-state index in [0.29, 0.717) is 6.42 Å². The largest absolute Gasteiger partial charge is 0.326 e. The SMILES string of the molecule is Cc1ccc(NC(=O)CCc2cccs2)cc1. The Kier molecular flexibility index (Phi) is 3.94. The molecule has 0 fully saturated rings. The lowest BCUT2D eigenvalue weighted by Crippen LogP contribution is -2.11. The third-order valence-corrected chi connectivity index (χ3v) is 3.45. The van der Waals surface area contributed by atoms with E-state index in [4.69, 9.17) is 0 Å². The van der Waals surface area contributed by atoms with Gasteiger partial charge in [0, 0.05) is 17.0 Å². The molecular weight excluding hydrogens is 230 g/mol. The molecule has 0 bridgehead atoms. The lowest BCUT2D eigenvalue weighted by Gasteiger charge is -2.04. The Morgan fingerprint density at radius 1 is 1.24 bits per heavy atom. The number of hydrogen-bond donors (Lipinski definition) is 1. The summed E-state index contributed by atoms with van der Waals surface area (Å²) in [5, 5.41) is 4.93. The zero-order valence-electron chi connectivity index (χ0n) is 9.77. The summed E-state index contributed by atoms with van der Waals surface area (Å²) < 4.78 is 0. The molecule has 0 aliphatic carbocycles. The van der Waals surface area contributed by atoms with Gasteiger partial charge in [0.15, 0.2) is 0 Å². The minimum atomic E-state index is 0.0715. The molecule has 1 N–H and O–H groups in total. The monoisotopic (exact) mass is 245 g/mol. The van der Waals surface area contributed by atoms with Gasteiger partial charge in [-0.25, -0.2) is 0 Å². The van der Waals surface area contributed by atoms with E-state index in [1.807, 2.05) is 42.6 Å². The number of carbonyl (C=O) groups is 1. The topological polar surface area (TPSA) is 29.1 Å². The molecule has 88 valence electrons. The number of nitrogens with one attached hydrogen (secondary N) is 1. The molecule has 2 aromatic rings. The minimum Gasteiger partial charge on any atom is -0.326 e. The fourth-order valence-corrected chi connectivity index (χ4v) is 2.26. The summed E-state index contributed by atoms with van der Waals surface area (Å²) in [6.07, 6.45) is 1.35. The number of amides is 1. The van der Waals surface area contributed by atoms with Crippen LogP contribution in [-0.4, -0.2) is 5.91 Å². The van der Waals surface area contributed by atoms with Gasteiger partial charge in [-0.2, -0.15) is 0 Å². The van der Waals surface area contributed by atoms with E-state index in [1.165, 1.54) is 10.4 Å².